The third-order valence-electron chi connectivity index (χ3n) is 6.39. The fourth-order valence-corrected chi connectivity index (χ4v) is 4.17. The summed E-state index contributed by atoms with van der Waals surface area (Å²) in [6, 6.07) is 14.4. The predicted octanol–water partition coefficient (Wildman–Crippen LogP) is 3.85. The molecule has 3 rings (SSSR count). The van der Waals surface area contributed by atoms with Gasteiger partial charge >= 0.3 is 18.3 Å². The zero-order valence-electron chi connectivity index (χ0n) is 20.8. The lowest BCUT2D eigenvalue weighted by atomic mass is 10.1. The first-order valence-electron chi connectivity index (χ1n) is 12.4. The Morgan fingerprint density at radius 3 is 1.94 bits per heavy atom. The number of fused-ring (bicyclic) bond motifs is 1. The van der Waals surface area contributed by atoms with Gasteiger partial charge in [-0.1, -0.05) is 49.7 Å². The normalized spacial score (nSPS) is 16.3. The van der Waals surface area contributed by atoms with E-state index >= 15 is 0 Å². The third kappa shape index (κ3) is 8.01. The van der Waals surface area contributed by atoms with E-state index in [1.165, 1.54) is 4.90 Å². The molecule has 1 aliphatic rings. The molecule has 1 aliphatic heterocycles. The van der Waals surface area contributed by atoms with Crippen molar-refractivity contribution in [3.63, 3.8) is 0 Å². The lowest BCUT2D eigenvalue weighted by molar-refractivity contribution is 0.0805. The van der Waals surface area contributed by atoms with Gasteiger partial charge in [0.1, 0.15) is 0 Å². The number of hydrogen-bond acceptors (Lipinski definition) is 5. The molecule has 1 fully saturated rings. The monoisotopic (exact) mass is 500 g/mol. The molecule has 1 heterocycles. The lowest BCUT2D eigenvalue weighted by Gasteiger charge is -2.32. The first kappa shape index (κ1) is 27.1. The summed E-state index contributed by atoms with van der Waals surface area (Å²) >= 11 is 0. The van der Waals surface area contributed by atoms with Crippen LogP contribution < -0.4 is 0 Å². The van der Waals surface area contributed by atoms with E-state index in [-0.39, 0.29) is 32.7 Å². The third-order valence-corrected chi connectivity index (χ3v) is 6.39. The summed E-state index contributed by atoms with van der Waals surface area (Å²) in [5.74, 6) is 0. The van der Waals surface area contributed by atoms with E-state index in [0.29, 0.717) is 32.8 Å². The Morgan fingerprint density at radius 2 is 1.33 bits per heavy atom. The summed E-state index contributed by atoms with van der Waals surface area (Å²) in [7, 11) is 0. The zero-order valence-corrected chi connectivity index (χ0v) is 20.8. The Balaban J connectivity index is 1.78. The molecule has 0 unspecified atom stereocenters. The van der Waals surface area contributed by atoms with E-state index in [2.05, 4.69) is 35.2 Å². The van der Waals surface area contributed by atoms with Gasteiger partial charge in [-0.25, -0.2) is 14.4 Å². The van der Waals surface area contributed by atoms with Gasteiger partial charge in [-0.2, -0.15) is 0 Å². The number of ether oxygens (including phenoxy) is 1. The van der Waals surface area contributed by atoms with E-state index in [0.717, 1.165) is 34.1 Å². The number of nitrogens with zero attached hydrogens (tertiary/aromatic N) is 4. The van der Waals surface area contributed by atoms with Crippen molar-refractivity contribution in [3.05, 3.63) is 48.0 Å². The molecule has 0 radical (unpaired) electrons. The van der Waals surface area contributed by atoms with Crippen molar-refractivity contribution < 1.29 is 29.3 Å². The number of hydrogen-bond donors (Lipinski definition) is 2. The number of carbonyl (C=O) groups excluding carboxylic acids is 1. The van der Waals surface area contributed by atoms with Crippen molar-refractivity contribution >= 4 is 29.1 Å². The molecule has 2 N–H and O–H groups in total. The first-order valence-corrected chi connectivity index (χ1v) is 12.4. The highest BCUT2D eigenvalue weighted by Gasteiger charge is 2.23. The first-order chi connectivity index (χ1) is 17.4. The van der Waals surface area contributed by atoms with Crippen molar-refractivity contribution in [2.24, 2.45) is 0 Å². The minimum absolute atomic E-state index is 0.0328. The van der Waals surface area contributed by atoms with Crippen LogP contribution in [-0.4, -0.2) is 107 Å². The Kier molecular flexibility index (Phi) is 10.2. The molecule has 1 saturated heterocycles. The highest BCUT2D eigenvalue weighted by Crippen LogP contribution is 2.17. The molecule has 3 amide bonds. The summed E-state index contributed by atoms with van der Waals surface area (Å²) < 4.78 is 5.41. The second-order valence-electron chi connectivity index (χ2n) is 8.95. The minimum Gasteiger partial charge on any atom is -0.465 e. The molecule has 0 aliphatic carbocycles. The van der Waals surface area contributed by atoms with Crippen LogP contribution in [0.5, 0.6) is 0 Å². The number of carboxylic acid groups (broad SMARTS) is 2. The van der Waals surface area contributed by atoms with Gasteiger partial charge in [0, 0.05) is 58.9 Å². The fraction of sp³-hybridized carbons (Fsp3) is 0.500. The summed E-state index contributed by atoms with van der Waals surface area (Å²) in [6.07, 6.45) is -1.01. The van der Waals surface area contributed by atoms with E-state index in [1.54, 1.807) is 4.90 Å². The van der Waals surface area contributed by atoms with Crippen molar-refractivity contribution in [2.75, 3.05) is 59.0 Å². The summed E-state index contributed by atoms with van der Waals surface area (Å²) in [6.45, 7) is 4.81. The second kappa shape index (κ2) is 13.5. The van der Waals surface area contributed by atoms with Gasteiger partial charge in [-0.3, -0.25) is 4.90 Å². The maximum Gasteiger partial charge on any atom is 0.409 e. The highest BCUT2D eigenvalue weighted by atomic mass is 16.6. The van der Waals surface area contributed by atoms with Gasteiger partial charge in [-0.05, 0) is 28.8 Å². The minimum atomic E-state index is -1.14. The van der Waals surface area contributed by atoms with Gasteiger partial charge in [0.25, 0.3) is 0 Å². The van der Waals surface area contributed by atoms with Gasteiger partial charge < -0.3 is 29.6 Å². The van der Waals surface area contributed by atoms with Crippen LogP contribution in [0.25, 0.3) is 10.8 Å². The molecule has 0 atom stereocenters. The lowest BCUT2D eigenvalue weighted by Crippen LogP contribution is -2.49. The maximum atomic E-state index is 12.8. The average Bonchev–Trinajstić information content (AvgIpc) is 2.85. The van der Waals surface area contributed by atoms with E-state index < -0.39 is 18.3 Å². The molecular weight excluding hydrogens is 464 g/mol. The summed E-state index contributed by atoms with van der Waals surface area (Å²) in [5, 5.41) is 21.5. The summed E-state index contributed by atoms with van der Waals surface area (Å²) in [4.78, 5) is 42.3. The van der Waals surface area contributed by atoms with Crippen LogP contribution in [0.1, 0.15) is 25.3 Å². The molecule has 2 aromatic carbocycles. The molecule has 10 nitrogen and oxygen atoms in total. The molecule has 2 aromatic rings. The quantitative estimate of drug-likeness (QED) is 0.600. The van der Waals surface area contributed by atoms with E-state index in [1.807, 2.05) is 19.1 Å². The largest absolute Gasteiger partial charge is 0.465 e. The number of unbranched alkanes of at least 4 members (excludes halogenated alkanes) is 1. The molecule has 196 valence electrons. The van der Waals surface area contributed by atoms with Crippen molar-refractivity contribution in [2.45, 2.75) is 26.3 Å². The predicted molar refractivity (Wildman–Crippen MR) is 136 cm³/mol. The Bertz CT molecular complexity index is 1030. The van der Waals surface area contributed by atoms with Gasteiger partial charge in [0.05, 0.1) is 6.61 Å². The van der Waals surface area contributed by atoms with Crippen LogP contribution in [0, 0.1) is 0 Å². The van der Waals surface area contributed by atoms with Gasteiger partial charge in [-0.15, -0.1) is 0 Å². The Morgan fingerprint density at radius 1 is 0.778 bits per heavy atom. The molecule has 0 bridgehead atoms. The molecule has 0 aromatic heterocycles. The maximum absolute atomic E-state index is 12.8. The van der Waals surface area contributed by atoms with Crippen LogP contribution in [-0.2, 0) is 11.3 Å². The molecule has 36 heavy (non-hydrogen) atoms. The number of rotatable bonds is 5. The standard InChI is InChI=1S/C26H36N4O6/c1-2-3-18-36-26(35)30-13-11-27(20-21-8-9-22-6-4-5-7-23(22)19-21)10-12-28(24(31)32)14-15-29(16-17-30)25(33)34/h4-9,19H,2-3,10-18,20H2,1H3,(H,31,32)(H,33,34). The Labute approximate surface area is 211 Å². The van der Waals surface area contributed by atoms with Gasteiger partial charge in [0.15, 0.2) is 0 Å². The van der Waals surface area contributed by atoms with E-state index in [9.17, 15) is 24.6 Å². The number of amides is 3. The van der Waals surface area contributed by atoms with Crippen LogP contribution in [0.3, 0.4) is 0 Å². The van der Waals surface area contributed by atoms with Crippen LogP contribution in [0.2, 0.25) is 0 Å². The van der Waals surface area contributed by atoms with Gasteiger partial charge in [0.2, 0.25) is 0 Å². The Hall–Kier alpha value is -3.53. The van der Waals surface area contributed by atoms with Crippen molar-refractivity contribution in [3.8, 4) is 0 Å². The number of carbonyl (C=O) groups is 3. The molecule has 10 heteroatoms. The smallest absolute Gasteiger partial charge is 0.409 e. The zero-order chi connectivity index (χ0) is 25.9. The molecular formula is C26H36N4O6. The topological polar surface area (TPSA) is 114 Å². The highest BCUT2D eigenvalue weighted by molar-refractivity contribution is 5.83. The second-order valence-corrected chi connectivity index (χ2v) is 8.95. The van der Waals surface area contributed by atoms with E-state index in [4.69, 9.17) is 4.74 Å². The molecule has 0 spiro atoms. The van der Waals surface area contributed by atoms with Crippen LogP contribution in [0.4, 0.5) is 14.4 Å². The van der Waals surface area contributed by atoms with Crippen LogP contribution in [0.15, 0.2) is 42.5 Å². The fourth-order valence-electron chi connectivity index (χ4n) is 4.17. The SMILES string of the molecule is CCCCOC(=O)N1CCN(Cc2ccc3ccccc3c2)CCN(C(=O)O)CCN(C(=O)O)CC1. The number of benzene rings is 2. The van der Waals surface area contributed by atoms with Crippen molar-refractivity contribution in [1.82, 2.24) is 19.6 Å². The summed E-state index contributed by atoms with van der Waals surface area (Å²) in [5.41, 5.74) is 1.09. The average molecular weight is 501 g/mol. The van der Waals surface area contributed by atoms with Crippen molar-refractivity contribution in [1.29, 1.82) is 0 Å². The van der Waals surface area contributed by atoms with Crippen LogP contribution >= 0.6 is 0 Å². The molecule has 0 saturated carbocycles.